The highest BCUT2D eigenvalue weighted by Crippen LogP contribution is 2.19. The van der Waals surface area contributed by atoms with E-state index in [4.69, 9.17) is 5.73 Å². The molecule has 0 aliphatic heterocycles. The van der Waals surface area contributed by atoms with Crippen LogP contribution >= 0.6 is 0 Å². The van der Waals surface area contributed by atoms with E-state index in [9.17, 15) is 0 Å². The van der Waals surface area contributed by atoms with Crippen LogP contribution in [0.25, 0.3) is 10.9 Å². The number of fused-ring (bicyclic) bond motifs is 1. The number of hydrogen-bond acceptors (Lipinski definition) is 1. The minimum atomic E-state index is 0.618. The standard InChI is InChI=1S/C10H12N2/c1-7-8(6-11)2-3-10-9(7)4-5-12-10/h2-5,12H,6,11H2,1H3. The Balaban J connectivity index is 2.78. The van der Waals surface area contributed by atoms with Crippen molar-refractivity contribution in [2.24, 2.45) is 5.73 Å². The molecular formula is C10H12N2. The minimum absolute atomic E-state index is 0.618. The van der Waals surface area contributed by atoms with Gasteiger partial charge in [0.05, 0.1) is 0 Å². The molecule has 1 aromatic heterocycles. The highest BCUT2D eigenvalue weighted by atomic mass is 14.7. The maximum atomic E-state index is 5.60. The lowest BCUT2D eigenvalue weighted by Crippen LogP contribution is -1.98. The fourth-order valence-corrected chi connectivity index (χ4v) is 1.55. The lowest BCUT2D eigenvalue weighted by atomic mass is 10.1. The molecule has 12 heavy (non-hydrogen) atoms. The van der Waals surface area contributed by atoms with E-state index >= 15 is 0 Å². The van der Waals surface area contributed by atoms with Crippen molar-refractivity contribution in [1.29, 1.82) is 0 Å². The first-order valence-corrected chi connectivity index (χ1v) is 4.08. The molecule has 0 amide bonds. The van der Waals surface area contributed by atoms with Crippen LogP contribution in [0.2, 0.25) is 0 Å². The molecule has 1 heterocycles. The fraction of sp³-hybridized carbons (Fsp3) is 0.200. The first-order chi connectivity index (χ1) is 5.83. The van der Waals surface area contributed by atoms with Crippen LogP contribution in [-0.2, 0) is 6.54 Å². The molecule has 2 aromatic rings. The smallest absolute Gasteiger partial charge is 0.0456 e. The predicted octanol–water partition coefficient (Wildman–Crippen LogP) is 1.94. The second kappa shape index (κ2) is 2.64. The second-order valence-corrected chi connectivity index (χ2v) is 2.99. The number of nitrogens with one attached hydrogen (secondary N) is 1. The summed E-state index contributed by atoms with van der Waals surface area (Å²) in [5.74, 6) is 0. The van der Waals surface area contributed by atoms with E-state index in [0.717, 1.165) is 0 Å². The zero-order chi connectivity index (χ0) is 8.55. The summed E-state index contributed by atoms with van der Waals surface area (Å²) in [6.45, 7) is 2.73. The molecule has 2 rings (SSSR count). The summed E-state index contributed by atoms with van der Waals surface area (Å²) in [5, 5.41) is 1.28. The predicted molar refractivity (Wildman–Crippen MR) is 50.9 cm³/mol. The van der Waals surface area contributed by atoms with Crippen molar-refractivity contribution in [3.63, 3.8) is 0 Å². The van der Waals surface area contributed by atoms with Gasteiger partial charge in [0.25, 0.3) is 0 Å². The fourth-order valence-electron chi connectivity index (χ4n) is 1.55. The molecule has 0 saturated carbocycles. The van der Waals surface area contributed by atoms with Gasteiger partial charge in [-0.15, -0.1) is 0 Å². The molecule has 1 aromatic carbocycles. The summed E-state index contributed by atoms with van der Waals surface area (Å²) in [7, 11) is 0. The van der Waals surface area contributed by atoms with Crippen molar-refractivity contribution in [2.75, 3.05) is 0 Å². The maximum absolute atomic E-state index is 5.60. The summed E-state index contributed by atoms with van der Waals surface area (Å²) in [6.07, 6.45) is 1.96. The third-order valence-electron chi connectivity index (χ3n) is 2.34. The van der Waals surface area contributed by atoms with Crippen LogP contribution in [0.5, 0.6) is 0 Å². The lowest BCUT2D eigenvalue weighted by Gasteiger charge is -2.02. The molecule has 0 unspecified atom stereocenters. The zero-order valence-electron chi connectivity index (χ0n) is 7.09. The van der Waals surface area contributed by atoms with Gasteiger partial charge in [0, 0.05) is 23.6 Å². The molecule has 0 aliphatic carbocycles. The van der Waals surface area contributed by atoms with E-state index in [1.54, 1.807) is 0 Å². The van der Waals surface area contributed by atoms with Crippen LogP contribution in [0.3, 0.4) is 0 Å². The minimum Gasteiger partial charge on any atom is -0.361 e. The molecule has 2 nitrogen and oxygen atoms in total. The molecule has 0 bridgehead atoms. The van der Waals surface area contributed by atoms with Crippen LogP contribution in [0.4, 0.5) is 0 Å². The van der Waals surface area contributed by atoms with Gasteiger partial charge >= 0.3 is 0 Å². The molecule has 0 saturated heterocycles. The SMILES string of the molecule is Cc1c(CN)ccc2[nH]ccc12. The number of rotatable bonds is 1. The average molecular weight is 160 g/mol. The largest absolute Gasteiger partial charge is 0.361 e. The van der Waals surface area contributed by atoms with Crippen LogP contribution in [0.1, 0.15) is 11.1 Å². The topological polar surface area (TPSA) is 41.8 Å². The lowest BCUT2D eigenvalue weighted by molar-refractivity contribution is 1.06. The van der Waals surface area contributed by atoms with Crippen molar-refractivity contribution in [3.05, 3.63) is 35.5 Å². The highest BCUT2D eigenvalue weighted by Gasteiger charge is 2.01. The number of hydrogen-bond donors (Lipinski definition) is 2. The third-order valence-corrected chi connectivity index (χ3v) is 2.34. The Kier molecular flexibility index (Phi) is 1.62. The molecule has 0 atom stereocenters. The molecule has 2 heteroatoms. The number of nitrogens with two attached hydrogens (primary N) is 1. The first kappa shape index (κ1) is 7.37. The van der Waals surface area contributed by atoms with E-state index in [2.05, 4.69) is 30.1 Å². The second-order valence-electron chi connectivity index (χ2n) is 2.99. The van der Waals surface area contributed by atoms with E-state index < -0.39 is 0 Å². The first-order valence-electron chi connectivity index (χ1n) is 4.08. The van der Waals surface area contributed by atoms with E-state index in [1.165, 1.54) is 22.0 Å². The third kappa shape index (κ3) is 0.924. The van der Waals surface area contributed by atoms with Crippen LogP contribution in [0, 0.1) is 6.92 Å². The summed E-state index contributed by atoms with van der Waals surface area (Å²) in [4.78, 5) is 3.17. The van der Waals surface area contributed by atoms with E-state index in [1.807, 2.05) is 6.20 Å². The van der Waals surface area contributed by atoms with Crippen molar-refractivity contribution in [2.45, 2.75) is 13.5 Å². The normalized spacial score (nSPS) is 10.8. The summed E-state index contributed by atoms with van der Waals surface area (Å²) in [6, 6.07) is 6.24. The summed E-state index contributed by atoms with van der Waals surface area (Å²) < 4.78 is 0. The Bertz CT molecular complexity index is 401. The van der Waals surface area contributed by atoms with Gasteiger partial charge < -0.3 is 10.7 Å². The quantitative estimate of drug-likeness (QED) is 0.657. The van der Waals surface area contributed by atoms with Gasteiger partial charge in [-0.25, -0.2) is 0 Å². The van der Waals surface area contributed by atoms with Crippen molar-refractivity contribution in [1.82, 2.24) is 4.98 Å². The molecule has 0 radical (unpaired) electrons. The van der Waals surface area contributed by atoms with E-state index in [-0.39, 0.29) is 0 Å². The maximum Gasteiger partial charge on any atom is 0.0456 e. The molecule has 0 fully saturated rings. The van der Waals surface area contributed by atoms with Crippen molar-refractivity contribution >= 4 is 10.9 Å². The van der Waals surface area contributed by atoms with Crippen LogP contribution < -0.4 is 5.73 Å². The van der Waals surface area contributed by atoms with Gasteiger partial charge in [0.2, 0.25) is 0 Å². The van der Waals surface area contributed by atoms with Crippen molar-refractivity contribution < 1.29 is 0 Å². The van der Waals surface area contributed by atoms with Crippen LogP contribution in [0.15, 0.2) is 24.4 Å². The monoisotopic (exact) mass is 160 g/mol. The van der Waals surface area contributed by atoms with Gasteiger partial charge in [0.15, 0.2) is 0 Å². The summed E-state index contributed by atoms with van der Waals surface area (Å²) in [5.41, 5.74) is 9.30. The molecule has 0 spiro atoms. The Hall–Kier alpha value is -1.28. The number of aromatic nitrogens is 1. The molecule has 3 N–H and O–H groups in total. The Morgan fingerprint density at radius 2 is 2.17 bits per heavy atom. The van der Waals surface area contributed by atoms with Crippen LogP contribution in [-0.4, -0.2) is 4.98 Å². The number of H-pyrrole nitrogens is 1. The van der Waals surface area contributed by atoms with Gasteiger partial charge in [-0.1, -0.05) is 6.07 Å². The summed E-state index contributed by atoms with van der Waals surface area (Å²) >= 11 is 0. The van der Waals surface area contributed by atoms with Gasteiger partial charge in [-0.3, -0.25) is 0 Å². The van der Waals surface area contributed by atoms with Crippen molar-refractivity contribution in [3.8, 4) is 0 Å². The Morgan fingerprint density at radius 1 is 1.33 bits per heavy atom. The van der Waals surface area contributed by atoms with Gasteiger partial charge in [-0.05, 0) is 30.2 Å². The molecule has 0 aliphatic rings. The van der Waals surface area contributed by atoms with Gasteiger partial charge in [0.1, 0.15) is 0 Å². The van der Waals surface area contributed by atoms with Gasteiger partial charge in [-0.2, -0.15) is 0 Å². The average Bonchev–Trinajstić information content (AvgIpc) is 2.53. The molecule has 62 valence electrons. The number of benzene rings is 1. The van der Waals surface area contributed by atoms with E-state index in [0.29, 0.717) is 6.54 Å². The molecular weight excluding hydrogens is 148 g/mol. The number of aromatic amines is 1. The number of aryl methyl sites for hydroxylation is 1. The highest BCUT2D eigenvalue weighted by molar-refractivity contribution is 5.83. The Morgan fingerprint density at radius 3 is 2.92 bits per heavy atom. The zero-order valence-corrected chi connectivity index (χ0v) is 7.09. The Labute approximate surface area is 71.4 Å².